The summed E-state index contributed by atoms with van der Waals surface area (Å²) in [7, 11) is 5.02. The minimum atomic E-state index is -0.494. The summed E-state index contributed by atoms with van der Waals surface area (Å²) in [6.45, 7) is 2.18. The van der Waals surface area contributed by atoms with E-state index in [1.165, 1.54) is 0 Å². The van der Waals surface area contributed by atoms with E-state index >= 15 is 0 Å². The first kappa shape index (κ1) is 20.7. The second-order valence-corrected chi connectivity index (χ2v) is 7.41. The Hall–Kier alpha value is -3.07. The maximum Gasteiger partial charge on any atom is 0.307 e. The molecule has 1 unspecified atom stereocenters. The zero-order valence-corrected chi connectivity index (χ0v) is 17.7. The highest BCUT2D eigenvalue weighted by atomic mass is 32.1. The van der Waals surface area contributed by atoms with E-state index in [-0.39, 0.29) is 17.2 Å². The number of nitrogens with zero attached hydrogens (tertiary/aromatic N) is 3. The van der Waals surface area contributed by atoms with Gasteiger partial charge in [-0.25, -0.2) is 4.98 Å². The first-order chi connectivity index (χ1) is 13.9. The summed E-state index contributed by atoms with van der Waals surface area (Å²) in [6.07, 6.45) is 3.68. The third-order valence-corrected chi connectivity index (χ3v) is 5.55. The first-order valence-electron chi connectivity index (χ1n) is 9.07. The lowest BCUT2D eigenvalue weighted by Crippen LogP contribution is -2.32. The highest BCUT2D eigenvalue weighted by molar-refractivity contribution is 7.07. The number of amides is 1. The molecule has 0 saturated carbocycles. The van der Waals surface area contributed by atoms with Gasteiger partial charge in [0.1, 0.15) is 23.4 Å². The lowest BCUT2D eigenvalue weighted by atomic mass is 10.0. The molecule has 0 spiro atoms. The Morgan fingerprint density at radius 1 is 1.24 bits per heavy atom. The van der Waals surface area contributed by atoms with Crippen LogP contribution < -0.4 is 19.7 Å². The summed E-state index contributed by atoms with van der Waals surface area (Å²) in [5.74, 6) is 1.73. The van der Waals surface area contributed by atoms with Crippen LogP contribution in [0.2, 0.25) is 0 Å². The molecule has 0 radical (unpaired) electrons. The smallest absolute Gasteiger partial charge is 0.307 e. The number of thiazole rings is 1. The van der Waals surface area contributed by atoms with Crippen molar-refractivity contribution in [3.63, 3.8) is 0 Å². The van der Waals surface area contributed by atoms with Crippen LogP contribution in [0.4, 0.5) is 0 Å². The molecule has 1 N–H and O–H groups in total. The third kappa shape index (κ3) is 4.68. The van der Waals surface area contributed by atoms with Crippen molar-refractivity contribution < 1.29 is 14.3 Å². The molecule has 0 bridgehead atoms. The van der Waals surface area contributed by atoms with Gasteiger partial charge in [-0.05, 0) is 24.6 Å². The van der Waals surface area contributed by atoms with Gasteiger partial charge < -0.3 is 23.9 Å². The Morgan fingerprint density at radius 2 is 1.93 bits per heavy atom. The Kier molecular flexibility index (Phi) is 6.38. The minimum absolute atomic E-state index is 0.0616. The molecule has 0 aliphatic carbocycles. The van der Waals surface area contributed by atoms with Crippen LogP contribution in [0.3, 0.4) is 0 Å². The molecule has 3 aromatic rings. The van der Waals surface area contributed by atoms with E-state index in [2.05, 4.69) is 10.3 Å². The molecule has 0 saturated heterocycles. The van der Waals surface area contributed by atoms with E-state index in [0.29, 0.717) is 23.9 Å². The molecule has 0 fully saturated rings. The number of ether oxygens (including phenoxy) is 2. The van der Waals surface area contributed by atoms with Crippen LogP contribution in [-0.2, 0) is 18.4 Å². The average Bonchev–Trinajstić information content (AvgIpc) is 3.28. The van der Waals surface area contributed by atoms with Gasteiger partial charge in [0.2, 0.25) is 5.91 Å². The fourth-order valence-corrected chi connectivity index (χ4v) is 3.83. The van der Waals surface area contributed by atoms with Crippen LogP contribution >= 0.6 is 11.3 Å². The Balaban J connectivity index is 1.86. The molecule has 1 amide bonds. The number of methoxy groups -OCH3 is 2. The van der Waals surface area contributed by atoms with Gasteiger partial charge in [-0.2, -0.15) is 0 Å². The summed E-state index contributed by atoms with van der Waals surface area (Å²) in [5.41, 5.74) is 1.64. The van der Waals surface area contributed by atoms with Crippen LogP contribution in [0.5, 0.6) is 11.5 Å². The zero-order chi connectivity index (χ0) is 21.0. The van der Waals surface area contributed by atoms with E-state index in [9.17, 15) is 9.59 Å². The molecule has 8 nitrogen and oxygen atoms in total. The fraction of sp³-hybridized carbons (Fsp3) is 0.350. The molecule has 154 valence electrons. The normalized spacial score (nSPS) is 11.9. The fourth-order valence-electron chi connectivity index (χ4n) is 3.07. The number of hydrogen-bond acceptors (Lipinski definition) is 6. The topological polar surface area (TPSA) is 87.4 Å². The first-order valence-corrected chi connectivity index (χ1v) is 9.95. The molecule has 29 heavy (non-hydrogen) atoms. The van der Waals surface area contributed by atoms with Crippen molar-refractivity contribution in [1.82, 2.24) is 19.4 Å². The van der Waals surface area contributed by atoms with Gasteiger partial charge in [0.05, 0.1) is 14.2 Å². The standard InChI is InChI=1S/C20H24N4O4S/c1-13-12-29-20(26)24(13)7-5-17(25)22-18(19-21-6-8-23(19)2)14-9-15(27-3)11-16(10-14)28-4/h6,8-12,18H,5,7H2,1-4H3,(H,22,25). The summed E-state index contributed by atoms with van der Waals surface area (Å²) in [5, 5.41) is 4.83. The Bertz CT molecular complexity index is 1030. The van der Waals surface area contributed by atoms with Gasteiger partial charge in [-0.1, -0.05) is 11.3 Å². The van der Waals surface area contributed by atoms with Crippen LogP contribution in [0, 0.1) is 6.92 Å². The molecular formula is C20H24N4O4S. The maximum atomic E-state index is 12.7. The number of rotatable bonds is 8. The van der Waals surface area contributed by atoms with Gasteiger partial charge >= 0.3 is 4.87 Å². The predicted octanol–water partition coefficient (Wildman–Crippen LogP) is 2.26. The summed E-state index contributed by atoms with van der Waals surface area (Å²) >= 11 is 1.14. The monoisotopic (exact) mass is 416 g/mol. The Morgan fingerprint density at radius 3 is 2.45 bits per heavy atom. The molecule has 2 heterocycles. The van der Waals surface area contributed by atoms with Gasteiger partial charge in [-0.15, -0.1) is 0 Å². The van der Waals surface area contributed by atoms with E-state index in [1.807, 2.05) is 36.9 Å². The minimum Gasteiger partial charge on any atom is -0.497 e. The van der Waals surface area contributed by atoms with E-state index in [0.717, 1.165) is 22.6 Å². The van der Waals surface area contributed by atoms with E-state index in [1.54, 1.807) is 36.4 Å². The molecule has 0 aliphatic rings. The van der Waals surface area contributed by atoms with Crippen molar-refractivity contribution in [2.45, 2.75) is 25.9 Å². The van der Waals surface area contributed by atoms with E-state index < -0.39 is 6.04 Å². The summed E-state index contributed by atoms with van der Waals surface area (Å²) in [4.78, 5) is 29.0. The zero-order valence-electron chi connectivity index (χ0n) is 16.8. The number of benzene rings is 1. The van der Waals surface area contributed by atoms with Gasteiger partial charge in [0.15, 0.2) is 0 Å². The average molecular weight is 417 g/mol. The highest BCUT2D eigenvalue weighted by Crippen LogP contribution is 2.29. The number of carbonyl (C=O) groups is 1. The molecular weight excluding hydrogens is 392 g/mol. The van der Waals surface area contributed by atoms with Crippen LogP contribution in [0.25, 0.3) is 0 Å². The largest absolute Gasteiger partial charge is 0.497 e. The number of carbonyl (C=O) groups excluding carboxylic acids is 1. The van der Waals surface area contributed by atoms with Crippen molar-refractivity contribution >= 4 is 17.2 Å². The van der Waals surface area contributed by atoms with Crippen molar-refractivity contribution in [3.8, 4) is 11.5 Å². The molecule has 0 aliphatic heterocycles. The van der Waals surface area contributed by atoms with Crippen molar-refractivity contribution in [3.05, 3.63) is 62.7 Å². The molecule has 1 aromatic carbocycles. The quantitative estimate of drug-likeness (QED) is 0.609. The van der Waals surface area contributed by atoms with Crippen LogP contribution in [0.1, 0.15) is 29.5 Å². The summed E-state index contributed by atoms with van der Waals surface area (Å²) < 4.78 is 14.2. The van der Waals surface area contributed by atoms with Crippen LogP contribution in [0.15, 0.2) is 40.8 Å². The number of aryl methyl sites for hydroxylation is 2. The van der Waals surface area contributed by atoms with Gasteiger partial charge in [-0.3, -0.25) is 9.59 Å². The van der Waals surface area contributed by atoms with Crippen LogP contribution in [-0.4, -0.2) is 34.2 Å². The molecule has 3 rings (SSSR count). The molecule has 9 heteroatoms. The highest BCUT2D eigenvalue weighted by Gasteiger charge is 2.22. The number of hydrogen-bond donors (Lipinski definition) is 1. The Labute approximate surface area is 172 Å². The summed E-state index contributed by atoms with van der Waals surface area (Å²) in [6, 6.07) is 4.96. The SMILES string of the molecule is COc1cc(OC)cc(C(NC(=O)CCn2c(C)csc2=O)c2nccn2C)c1. The van der Waals surface area contributed by atoms with Crippen molar-refractivity contribution in [2.75, 3.05) is 14.2 Å². The molecule has 2 aromatic heterocycles. The lowest BCUT2D eigenvalue weighted by molar-refractivity contribution is -0.121. The maximum absolute atomic E-state index is 12.7. The third-order valence-electron chi connectivity index (χ3n) is 4.67. The van der Waals surface area contributed by atoms with Crippen molar-refractivity contribution in [1.29, 1.82) is 0 Å². The number of aromatic nitrogens is 3. The van der Waals surface area contributed by atoms with Gasteiger partial charge in [0.25, 0.3) is 0 Å². The van der Waals surface area contributed by atoms with Crippen molar-refractivity contribution in [2.24, 2.45) is 7.05 Å². The number of imidazole rings is 1. The molecule has 1 atom stereocenters. The predicted molar refractivity (Wildman–Crippen MR) is 111 cm³/mol. The number of nitrogens with one attached hydrogen (secondary N) is 1. The second-order valence-electron chi connectivity index (χ2n) is 6.59. The van der Waals surface area contributed by atoms with Gasteiger partial charge in [0, 0.05) is 49.5 Å². The second kappa shape index (κ2) is 8.95. The lowest BCUT2D eigenvalue weighted by Gasteiger charge is -2.20. The van der Waals surface area contributed by atoms with E-state index in [4.69, 9.17) is 9.47 Å².